The minimum atomic E-state index is -3.92. The first kappa shape index (κ1) is 21.3. The topological polar surface area (TPSA) is 101 Å². The van der Waals surface area contributed by atoms with Crippen molar-refractivity contribution in [1.82, 2.24) is 20.0 Å². The fourth-order valence-corrected chi connectivity index (χ4v) is 4.20. The second kappa shape index (κ2) is 8.95. The smallest absolute Gasteiger partial charge is 0.270 e. The van der Waals surface area contributed by atoms with Gasteiger partial charge in [0.1, 0.15) is 11.5 Å². The van der Waals surface area contributed by atoms with Gasteiger partial charge in [-0.15, -0.1) is 11.3 Å². The van der Waals surface area contributed by atoms with Crippen LogP contribution in [0.15, 0.2) is 47.6 Å². The molecular formula is C18H16ClFN4O3S2. The predicted octanol–water partition coefficient (Wildman–Crippen LogP) is 3.05. The molecule has 0 aliphatic rings. The Morgan fingerprint density at radius 3 is 2.59 bits per heavy atom. The Labute approximate surface area is 176 Å². The molecule has 0 unspecified atom stereocenters. The monoisotopic (exact) mass is 454 g/mol. The molecule has 0 atom stereocenters. The van der Waals surface area contributed by atoms with Crippen LogP contribution in [-0.2, 0) is 23.1 Å². The lowest BCUT2D eigenvalue weighted by Gasteiger charge is -2.08. The van der Waals surface area contributed by atoms with Crippen LogP contribution >= 0.6 is 22.9 Å². The van der Waals surface area contributed by atoms with Crippen molar-refractivity contribution in [2.75, 3.05) is 0 Å². The zero-order chi connectivity index (χ0) is 21.0. The van der Waals surface area contributed by atoms with Crippen molar-refractivity contribution >= 4 is 38.9 Å². The summed E-state index contributed by atoms with van der Waals surface area (Å²) in [5.74, 6) is -1.17. The van der Waals surface area contributed by atoms with Gasteiger partial charge in [-0.05, 0) is 36.8 Å². The first-order chi connectivity index (χ1) is 13.7. The Kier molecular flexibility index (Phi) is 6.58. The van der Waals surface area contributed by atoms with Crippen molar-refractivity contribution < 1.29 is 17.6 Å². The van der Waals surface area contributed by atoms with Crippen molar-refractivity contribution in [3.05, 3.63) is 74.7 Å². The summed E-state index contributed by atoms with van der Waals surface area (Å²) in [5, 5.41) is 3.50. The summed E-state index contributed by atoms with van der Waals surface area (Å²) in [6.07, 6.45) is 3.10. The van der Waals surface area contributed by atoms with E-state index in [9.17, 15) is 17.6 Å². The Morgan fingerprint density at radius 2 is 1.97 bits per heavy atom. The summed E-state index contributed by atoms with van der Waals surface area (Å²) in [4.78, 5) is 21.0. The number of thiazole rings is 1. The van der Waals surface area contributed by atoms with Crippen LogP contribution < -0.4 is 10.0 Å². The first-order valence-electron chi connectivity index (χ1n) is 8.34. The SMILES string of the molecule is Cc1ncc(CNC(=O)c2ccc(CNS(=O)(=O)c3ccc(Cl)c(F)c3)cn2)s1. The maximum Gasteiger partial charge on any atom is 0.270 e. The molecule has 0 saturated carbocycles. The highest BCUT2D eigenvalue weighted by atomic mass is 35.5. The van der Waals surface area contributed by atoms with Crippen molar-refractivity contribution in [1.29, 1.82) is 0 Å². The van der Waals surface area contributed by atoms with E-state index >= 15 is 0 Å². The maximum absolute atomic E-state index is 13.5. The maximum atomic E-state index is 13.5. The van der Waals surface area contributed by atoms with E-state index in [0.29, 0.717) is 12.1 Å². The summed E-state index contributed by atoms with van der Waals surface area (Å²) < 4.78 is 40.4. The molecule has 7 nitrogen and oxygen atoms in total. The molecule has 1 amide bonds. The lowest BCUT2D eigenvalue weighted by atomic mass is 10.2. The lowest BCUT2D eigenvalue weighted by Crippen LogP contribution is -2.25. The molecule has 152 valence electrons. The molecule has 2 aromatic heterocycles. The number of amides is 1. The first-order valence-corrected chi connectivity index (χ1v) is 11.0. The number of hydrogen-bond donors (Lipinski definition) is 2. The Balaban J connectivity index is 1.58. The average molecular weight is 455 g/mol. The number of halogens is 2. The normalized spacial score (nSPS) is 11.4. The van der Waals surface area contributed by atoms with Crippen LogP contribution in [0.5, 0.6) is 0 Å². The zero-order valence-corrected chi connectivity index (χ0v) is 17.5. The molecule has 0 aliphatic carbocycles. The van der Waals surface area contributed by atoms with Gasteiger partial charge in [0, 0.05) is 23.8 Å². The number of nitrogens with zero attached hydrogens (tertiary/aromatic N) is 2. The van der Waals surface area contributed by atoms with E-state index in [1.165, 1.54) is 35.7 Å². The number of carbonyl (C=O) groups is 1. The number of benzene rings is 1. The van der Waals surface area contributed by atoms with Crippen molar-refractivity contribution in [2.45, 2.75) is 24.9 Å². The molecule has 11 heteroatoms. The second-order valence-corrected chi connectivity index (χ2v) is 9.47. The van der Waals surface area contributed by atoms with Crippen LogP contribution in [-0.4, -0.2) is 24.3 Å². The van der Waals surface area contributed by atoms with E-state index in [0.717, 1.165) is 16.0 Å². The summed E-state index contributed by atoms with van der Waals surface area (Å²) >= 11 is 7.06. The molecule has 0 saturated heterocycles. The number of pyridine rings is 1. The van der Waals surface area contributed by atoms with Crippen molar-refractivity contribution in [2.24, 2.45) is 0 Å². The van der Waals surface area contributed by atoms with E-state index in [1.807, 2.05) is 6.92 Å². The number of sulfonamides is 1. The molecule has 3 rings (SSSR count). The van der Waals surface area contributed by atoms with Gasteiger partial charge in [0.15, 0.2) is 0 Å². The molecular weight excluding hydrogens is 439 g/mol. The highest BCUT2D eigenvalue weighted by Crippen LogP contribution is 2.19. The van der Waals surface area contributed by atoms with Gasteiger partial charge in [-0.1, -0.05) is 17.7 Å². The molecule has 0 aliphatic heterocycles. The summed E-state index contributed by atoms with van der Waals surface area (Å²) in [6.45, 7) is 2.17. The van der Waals surface area contributed by atoms with E-state index in [4.69, 9.17) is 11.6 Å². The number of hydrogen-bond acceptors (Lipinski definition) is 6. The minimum absolute atomic E-state index is 0.0678. The molecule has 0 bridgehead atoms. The fourth-order valence-electron chi connectivity index (χ4n) is 2.31. The summed E-state index contributed by atoms with van der Waals surface area (Å²) in [7, 11) is -3.92. The number of aryl methyl sites for hydroxylation is 1. The van der Waals surface area contributed by atoms with Gasteiger partial charge in [-0.2, -0.15) is 0 Å². The molecule has 29 heavy (non-hydrogen) atoms. The molecule has 2 heterocycles. The Bertz CT molecular complexity index is 1130. The standard InChI is InChI=1S/C18H16ClFN4O3S2/c1-11-21-9-13(28-11)10-23-18(25)17-5-2-12(7-22-17)8-24-29(26,27)14-3-4-15(19)16(20)6-14/h2-7,9,24H,8,10H2,1H3,(H,23,25). The van der Waals surface area contributed by atoms with Gasteiger partial charge in [-0.25, -0.2) is 22.5 Å². The largest absolute Gasteiger partial charge is 0.346 e. The van der Waals surface area contributed by atoms with Crippen LogP contribution in [0.25, 0.3) is 0 Å². The Hall–Kier alpha value is -2.40. The quantitative estimate of drug-likeness (QED) is 0.571. The molecule has 2 N–H and O–H groups in total. The summed E-state index contributed by atoms with van der Waals surface area (Å²) in [5.41, 5.74) is 0.746. The van der Waals surface area contributed by atoms with Crippen molar-refractivity contribution in [3.8, 4) is 0 Å². The molecule has 3 aromatic rings. The van der Waals surface area contributed by atoms with Crippen LogP contribution in [0.2, 0.25) is 5.02 Å². The van der Waals surface area contributed by atoms with Gasteiger partial charge in [0.25, 0.3) is 5.91 Å². The molecule has 0 spiro atoms. The summed E-state index contributed by atoms with van der Waals surface area (Å²) in [6, 6.07) is 6.32. The molecule has 0 radical (unpaired) electrons. The van der Waals surface area contributed by atoms with Crippen LogP contribution in [0, 0.1) is 12.7 Å². The number of carbonyl (C=O) groups excluding carboxylic acids is 1. The van der Waals surface area contributed by atoms with E-state index in [-0.39, 0.29) is 28.1 Å². The third-order valence-electron chi connectivity index (χ3n) is 3.82. The van der Waals surface area contributed by atoms with Gasteiger partial charge in [-0.3, -0.25) is 9.78 Å². The molecule has 0 fully saturated rings. The molecule has 1 aromatic carbocycles. The highest BCUT2D eigenvalue weighted by Gasteiger charge is 2.16. The minimum Gasteiger partial charge on any atom is -0.346 e. The van der Waals surface area contributed by atoms with Gasteiger partial charge >= 0.3 is 0 Å². The number of nitrogens with one attached hydrogen (secondary N) is 2. The number of rotatable bonds is 7. The zero-order valence-electron chi connectivity index (χ0n) is 15.1. The van der Waals surface area contributed by atoms with Gasteiger partial charge < -0.3 is 5.32 Å². The van der Waals surface area contributed by atoms with Crippen molar-refractivity contribution in [3.63, 3.8) is 0 Å². The van der Waals surface area contributed by atoms with E-state index in [1.54, 1.807) is 12.3 Å². The Morgan fingerprint density at radius 1 is 1.17 bits per heavy atom. The van der Waals surface area contributed by atoms with Gasteiger partial charge in [0.05, 0.1) is 21.5 Å². The van der Waals surface area contributed by atoms with Gasteiger partial charge in [0.2, 0.25) is 10.0 Å². The van der Waals surface area contributed by atoms with Crippen LogP contribution in [0.3, 0.4) is 0 Å². The van der Waals surface area contributed by atoms with Crippen LogP contribution in [0.1, 0.15) is 25.9 Å². The number of aromatic nitrogens is 2. The van der Waals surface area contributed by atoms with E-state index in [2.05, 4.69) is 20.0 Å². The third-order valence-corrected chi connectivity index (χ3v) is 6.44. The fraction of sp³-hybridized carbons (Fsp3) is 0.167. The third kappa shape index (κ3) is 5.57. The average Bonchev–Trinajstić information content (AvgIpc) is 3.12. The highest BCUT2D eigenvalue weighted by molar-refractivity contribution is 7.89. The predicted molar refractivity (Wildman–Crippen MR) is 108 cm³/mol. The second-order valence-electron chi connectivity index (χ2n) is 5.98. The van der Waals surface area contributed by atoms with E-state index < -0.39 is 15.8 Å². The lowest BCUT2D eigenvalue weighted by molar-refractivity contribution is 0.0946. The van der Waals surface area contributed by atoms with Crippen LogP contribution in [0.4, 0.5) is 4.39 Å².